The van der Waals surface area contributed by atoms with Gasteiger partial charge in [-0.1, -0.05) is 65.4 Å². The van der Waals surface area contributed by atoms with Crippen LogP contribution in [0.4, 0.5) is 0 Å². The van der Waals surface area contributed by atoms with Crippen LogP contribution in [-0.2, 0) is 6.42 Å². The van der Waals surface area contributed by atoms with E-state index in [9.17, 15) is 4.79 Å². The van der Waals surface area contributed by atoms with Gasteiger partial charge >= 0.3 is 0 Å². The highest BCUT2D eigenvalue weighted by atomic mass is 32.1. The van der Waals surface area contributed by atoms with Gasteiger partial charge in [0, 0.05) is 34.9 Å². The highest BCUT2D eigenvalue weighted by Gasteiger charge is 2.21. The van der Waals surface area contributed by atoms with Crippen LogP contribution in [-0.4, -0.2) is 32.0 Å². The van der Waals surface area contributed by atoms with E-state index in [1.165, 1.54) is 27.8 Å². The van der Waals surface area contributed by atoms with E-state index in [1.54, 1.807) is 4.68 Å². The minimum Gasteiger partial charge on any atom is -0.361 e. The van der Waals surface area contributed by atoms with Gasteiger partial charge in [0.2, 0.25) is 5.13 Å². The Kier molecular flexibility index (Phi) is 5.62. The molecule has 0 radical (unpaired) electrons. The van der Waals surface area contributed by atoms with E-state index in [0.29, 0.717) is 23.0 Å². The Balaban J connectivity index is 1.38. The van der Waals surface area contributed by atoms with Crippen LogP contribution >= 0.6 is 11.3 Å². The Labute approximate surface area is 212 Å². The summed E-state index contributed by atoms with van der Waals surface area (Å²) in [5, 5.41) is 5.17. The average molecular weight is 492 g/mol. The summed E-state index contributed by atoms with van der Waals surface area (Å²) in [6.45, 7) is 4.61. The van der Waals surface area contributed by atoms with E-state index >= 15 is 0 Å². The standard InChI is InChI=1S/C29H25N5OS/c1-18-12-13-23-22(16-18)21(17-31-23)14-15-30-19(2)26-27(20-8-4-3-5-9-20)33-34(28(26)35)29-32-24-10-6-7-11-25(24)36-29/h3-13,16-17,31,33H,14-15H2,1-2H3. The van der Waals surface area contributed by atoms with Gasteiger partial charge in [0.25, 0.3) is 5.56 Å². The average Bonchev–Trinajstić information content (AvgIpc) is 3.59. The van der Waals surface area contributed by atoms with Gasteiger partial charge < -0.3 is 4.98 Å². The molecule has 0 unspecified atom stereocenters. The fourth-order valence-corrected chi connectivity index (χ4v) is 5.52. The number of H-pyrrole nitrogens is 2. The molecule has 0 aliphatic carbocycles. The highest BCUT2D eigenvalue weighted by Crippen LogP contribution is 2.26. The number of benzene rings is 3. The van der Waals surface area contributed by atoms with Crippen molar-refractivity contribution in [2.45, 2.75) is 20.3 Å². The van der Waals surface area contributed by atoms with E-state index in [0.717, 1.165) is 33.4 Å². The molecule has 0 saturated heterocycles. The van der Waals surface area contributed by atoms with Crippen molar-refractivity contribution in [3.8, 4) is 16.4 Å². The first-order valence-corrected chi connectivity index (χ1v) is 12.7. The smallest absolute Gasteiger partial charge is 0.283 e. The Morgan fingerprint density at radius 2 is 1.86 bits per heavy atom. The molecule has 0 aliphatic heterocycles. The molecule has 3 aromatic heterocycles. The number of hydrogen-bond donors (Lipinski definition) is 2. The number of aryl methyl sites for hydroxylation is 1. The normalized spacial score (nSPS) is 12.1. The maximum Gasteiger partial charge on any atom is 0.283 e. The summed E-state index contributed by atoms with van der Waals surface area (Å²) in [6.07, 6.45) is 2.85. The van der Waals surface area contributed by atoms with Gasteiger partial charge in [-0.25, -0.2) is 4.98 Å². The number of rotatable bonds is 6. The molecule has 0 saturated carbocycles. The zero-order valence-corrected chi connectivity index (χ0v) is 20.9. The molecule has 6 rings (SSSR count). The van der Waals surface area contributed by atoms with Crippen molar-refractivity contribution in [2.75, 3.05) is 6.54 Å². The minimum absolute atomic E-state index is 0.142. The summed E-state index contributed by atoms with van der Waals surface area (Å²) < 4.78 is 2.58. The fourth-order valence-electron chi connectivity index (χ4n) is 4.60. The lowest BCUT2D eigenvalue weighted by Crippen LogP contribution is -2.19. The van der Waals surface area contributed by atoms with Crippen LogP contribution in [0.5, 0.6) is 0 Å². The molecule has 0 atom stereocenters. The predicted molar refractivity (Wildman–Crippen MR) is 149 cm³/mol. The van der Waals surface area contributed by atoms with Crippen molar-refractivity contribution < 1.29 is 0 Å². The summed E-state index contributed by atoms with van der Waals surface area (Å²) in [6, 6.07) is 24.2. The summed E-state index contributed by atoms with van der Waals surface area (Å²) in [5.74, 6) is 0. The summed E-state index contributed by atoms with van der Waals surface area (Å²) in [4.78, 5) is 26.6. The molecule has 0 spiro atoms. The van der Waals surface area contributed by atoms with Crippen LogP contribution in [0, 0.1) is 6.92 Å². The summed E-state index contributed by atoms with van der Waals surface area (Å²) in [7, 11) is 0. The number of hydrogen-bond acceptors (Lipinski definition) is 4. The van der Waals surface area contributed by atoms with E-state index in [2.05, 4.69) is 41.4 Å². The van der Waals surface area contributed by atoms with Gasteiger partial charge in [0.1, 0.15) is 0 Å². The first kappa shape index (κ1) is 22.2. The topological polar surface area (TPSA) is 78.8 Å². The number of thiazole rings is 1. The number of fused-ring (bicyclic) bond motifs is 2. The third-order valence-corrected chi connectivity index (χ3v) is 7.46. The van der Waals surface area contributed by atoms with Gasteiger partial charge in [0.05, 0.1) is 21.5 Å². The third-order valence-electron chi connectivity index (χ3n) is 6.44. The number of aromatic amines is 2. The number of aromatic nitrogens is 4. The molecule has 0 aliphatic rings. The van der Waals surface area contributed by atoms with Crippen LogP contribution in [0.2, 0.25) is 0 Å². The molecule has 7 heteroatoms. The molecule has 36 heavy (non-hydrogen) atoms. The molecule has 178 valence electrons. The lowest BCUT2D eigenvalue weighted by Gasteiger charge is -2.03. The highest BCUT2D eigenvalue weighted by molar-refractivity contribution is 7.20. The van der Waals surface area contributed by atoms with Crippen molar-refractivity contribution in [1.29, 1.82) is 0 Å². The van der Waals surface area contributed by atoms with Crippen LogP contribution < -0.4 is 5.56 Å². The number of nitrogens with one attached hydrogen (secondary N) is 2. The van der Waals surface area contributed by atoms with Gasteiger partial charge in [-0.3, -0.25) is 14.9 Å². The molecule has 0 fully saturated rings. The Hall–Kier alpha value is -4.23. The Bertz CT molecular complexity index is 1750. The van der Waals surface area contributed by atoms with Gasteiger partial charge in [-0.05, 0) is 50.1 Å². The molecular formula is C29H25N5OS. The largest absolute Gasteiger partial charge is 0.361 e. The molecule has 0 bridgehead atoms. The lowest BCUT2D eigenvalue weighted by molar-refractivity contribution is 0.845. The minimum atomic E-state index is -0.142. The second-order valence-corrected chi connectivity index (χ2v) is 9.92. The molecule has 3 heterocycles. The van der Waals surface area contributed by atoms with E-state index < -0.39 is 0 Å². The molecule has 6 nitrogen and oxygen atoms in total. The first-order valence-electron chi connectivity index (χ1n) is 11.9. The first-order chi connectivity index (χ1) is 17.6. The van der Waals surface area contributed by atoms with E-state index in [-0.39, 0.29) is 5.56 Å². The molecule has 2 N–H and O–H groups in total. The van der Waals surface area contributed by atoms with Crippen LogP contribution in [0.3, 0.4) is 0 Å². The molecule has 6 aromatic rings. The number of aliphatic imine (C=N–C) groups is 1. The second kappa shape index (κ2) is 9.09. The maximum absolute atomic E-state index is 13.7. The molecule has 0 amide bonds. The van der Waals surface area contributed by atoms with Crippen molar-refractivity contribution in [2.24, 2.45) is 4.99 Å². The van der Waals surface area contributed by atoms with Crippen molar-refractivity contribution in [1.82, 2.24) is 19.7 Å². The summed E-state index contributed by atoms with van der Waals surface area (Å²) >= 11 is 1.49. The number of para-hydroxylation sites is 1. The van der Waals surface area contributed by atoms with Crippen molar-refractivity contribution in [3.05, 3.63) is 106 Å². The Morgan fingerprint density at radius 1 is 1.06 bits per heavy atom. The number of nitrogens with zero attached hydrogens (tertiary/aromatic N) is 3. The maximum atomic E-state index is 13.7. The van der Waals surface area contributed by atoms with E-state index in [1.807, 2.05) is 61.5 Å². The zero-order chi connectivity index (χ0) is 24.6. The van der Waals surface area contributed by atoms with Crippen LogP contribution in [0.1, 0.15) is 23.6 Å². The summed E-state index contributed by atoms with van der Waals surface area (Å²) in [5.41, 5.74) is 7.31. The fraction of sp³-hybridized carbons (Fsp3) is 0.138. The third kappa shape index (κ3) is 3.97. The van der Waals surface area contributed by atoms with Crippen LogP contribution in [0.25, 0.3) is 37.5 Å². The van der Waals surface area contributed by atoms with Gasteiger partial charge in [0.15, 0.2) is 0 Å². The molecular weight excluding hydrogens is 466 g/mol. The molecule has 3 aromatic carbocycles. The zero-order valence-electron chi connectivity index (χ0n) is 20.1. The van der Waals surface area contributed by atoms with Gasteiger partial charge in [-0.15, -0.1) is 0 Å². The SMILES string of the molecule is CC(=NCCc1c[nH]c2ccc(C)cc12)c1c(-c2ccccc2)[nH]n(-c2nc3ccccc3s2)c1=O. The predicted octanol–water partition coefficient (Wildman–Crippen LogP) is 6.28. The quantitative estimate of drug-likeness (QED) is 0.269. The van der Waals surface area contributed by atoms with E-state index in [4.69, 9.17) is 9.98 Å². The monoisotopic (exact) mass is 491 g/mol. The van der Waals surface area contributed by atoms with Crippen molar-refractivity contribution >= 4 is 38.2 Å². The van der Waals surface area contributed by atoms with Gasteiger partial charge in [-0.2, -0.15) is 4.68 Å². The second-order valence-electron chi connectivity index (χ2n) is 8.91. The lowest BCUT2D eigenvalue weighted by atomic mass is 10.1. The van der Waals surface area contributed by atoms with Crippen molar-refractivity contribution in [3.63, 3.8) is 0 Å². The van der Waals surface area contributed by atoms with Crippen LogP contribution in [0.15, 0.2) is 88.8 Å². The Morgan fingerprint density at radius 3 is 2.69 bits per heavy atom.